The third-order valence-corrected chi connectivity index (χ3v) is 5.71. The number of anilines is 1. The molecule has 0 amide bonds. The molecule has 1 aliphatic rings. The number of nitrogens with zero attached hydrogens (tertiary/aromatic N) is 2. The number of rotatable bonds is 5. The van der Waals surface area contributed by atoms with Crippen LogP contribution in [0.4, 0.5) is 5.69 Å². The van der Waals surface area contributed by atoms with Crippen LogP contribution in [0, 0.1) is 0 Å². The fourth-order valence-corrected chi connectivity index (χ4v) is 4.02. The second-order valence-electron chi connectivity index (χ2n) is 5.62. The monoisotopic (exact) mass is 311 g/mol. The number of benzene rings is 1. The standard InChI is InChI=1S/C15H25N3O2S/c1-4-5-10-17(3)21(19,20)18-12-13(2)16-11-14-8-6-7-9-15(14)18/h6-9,13,16H,4-5,10-12H2,1-3H3. The van der Waals surface area contributed by atoms with E-state index in [0.717, 1.165) is 24.1 Å². The van der Waals surface area contributed by atoms with E-state index in [0.29, 0.717) is 19.6 Å². The van der Waals surface area contributed by atoms with Crippen molar-refractivity contribution < 1.29 is 8.42 Å². The molecule has 118 valence electrons. The lowest BCUT2D eigenvalue weighted by atomic mass is 10.2. The minimum atomic E-state index is -3.48. The molecule has 0 spiro atoms. The first-order valence-electron chi connectivity index (χ1n) is 7.52. The maximum atomic E-state index is 12.9. The molecule has 0 saturated carbocycles. The highest BCUT2D eigenvalue weighted by Gasteiger charge is 2.31. The van der Waals surface area contributed by atoms with Gasteiger partial charge in [0.25, 0.3) is 0 Å². The number of hydrogen-bond acceptors (Lipinski definition) is 3. The summed E-state index contributed by atoms with van der Waals surface area (Å²) in [5, 5.41) is 3.36. The Hall–Kier alpha value is -1.11. The average molecular weight is 311 g/mol. The van der Waals surface area contributed by atoms with Crippen LogP contribution in [0.25, 0.3) is 0 Å². The highest BCUT2D eigenvalue weighted by Crippen LogP contribution is 2.27. The molecule has 1 aliphatic heterocycles. The molecule has 1 heterocycles. The smallest absolute Gasteiger partial charge is 0.303 e. The van der Waals surface area contributed by atoms with Crippen LogP contribution in [0.3, 0.4) is 0 Å². The van der Waals surface area contributed by atoms with Crippen LogP contribution >= 0.6 is 0 Å². The van der Waals surface area contributed by atoms with Gasteiger partial charge in [-0.15, -0.1) is 0 Å². The molecule has 1 aromatic rings. The van der Waals surface area contributed by atoms with E-state index in [-0.39, 0.29) is 6.04 Å². The van der Waals surface area contributed by atoms with Gasteiger partial charge in [-0.2, -0.15) is 12.7 Å². The first kappa shape index (κ1) is 16.3. The summed E-state index contributed by atoms with van der Waals surface area (Å²) in [6.07, 6.45) is 1.85. The van der Waals surface area contributed by atoms with Gasteiger partial charge in [0.05, 0.1) is 12.2 Å². The predicted octanol–water partition coefficient (Wildman–Crippen LogP) is 1.96. The Morgan fingerprint density at radius 2 is 2.10 bits per heavy atom. The van der Waals surface area contributed by atoms with Gasteiger partial charge in [-0.05, 0) is 25.0 Å². The molecule has 21 heavy (non-hydrogen) atoms. The lowest BCUT2D eigenvalue weighted by molar-refractivity contribution is 0.452. The van der Waals surface area contributed by atoms with Crippen LogP contribution in [0.5, 0.6) is 0 Å². The van der Waals surface area contributed by atoms with E-state index >= 15 is 0 Å². The first-order valence-corrected chi connectivity index (χ1v) is 8.91. The zero-order chi connectivity index (χ0) is 15.5. The number of fused-ring (bicyclic) bond motifs is 1. The van der Waals surface area contributed by atoms with Crippen molar-refractivity contribution in [3.63, 3.8) is 0 Å². The van der Waals surface area contributed by atoms with Crippen LogP contribution in [0.15, 0.2) is 24.3 Å². The molecular formula is C15H25N3O2S. The maximum Gasteiger partial charge on any atom is 0.303 e. The Kier molecular flexibility index (Phi) is 5.24. The molecule has 5 nitrogen and oxygen atoms in total. The van der Waals surface area contributed by atoms with Gasteiger partial charge in [0, 0.05) is 26.2 Å². The van der Waals surface area contributed by atoms with E-state index < -0.39 is 10.2 Å². The van der Waals surface area contributed by atoms with E-state index in [1.54, 1.807) is 11.4 Å². The molecule has 0 radical (unpaired) electrons. The Balaban J connectivity index is 2.36. The summed E-state index contributed by atoms with van der Waals surface area (Å²) >= 11 is 0. The number of nitrogens with one attached hydrogen (secondary N) is 1. The van der Waals surface area contributed by atoms with E-state index in [1.165, 1.54) is 4.31 Å². The highest BCUT2D eigenvalue weighted by molar-refractivity contribution is 7.90. The zero-order valence-electron chi connectivity index (χ0n) is 13.0. The fourth-order valence-electron chi connectivity index (χ4n) is 2.48. The van der Waals surface area contributed by atoms with Crippen molar-refractivity contribution in [2.45, 2.75) is 39.3 Å². The summed E-state index contributed by atoms with van der Waals surface area (Å²) < 4.78 is 28.8. The highest BCUT2D eigenvalue weighted by atomic mass is 32.2. The van der Waals surface area contributed by atoms with Crippen molar-refractivity contribution in [3.8, 4) is 0 Å². The Labute approximate surface area is 128 Å². The molecule has 0 fully saturated rings. The molecule has 2 rings (SSSR count). The second kappa shape index (κ2) is 6.77. The van der Waals surface area contributed by atoms with Crippen LogP contribution in [0.2, 0.25) is 0 Å². The van der Waals surface area contributed by atoms with Crippen LogP contribution in [-0.4, -0.2) is 38.9 Å². The molecule has 1 aromatic carbocycles. The van der Waals surface area contributed by atoms with Gasteiger partial charge in [0.2, 0.25) is 0 Å². The zero-order valence-corrected chi connectivity index (χ0v) is 13.9. The van der Waals surface area contributed by atoms with E-state index in [1.807, 2.05) is 31.2 Å². The van der Waals surface area contributed by atoms with Gasteiger partial charge < -0.3 is 5.32 Å². The van der Waals surface area contributed by atoms with Crippen molar-refractivity contribution in [3.05, 3.63) is 29.8 Å². The normalized spacial score (nSPS) is 19.4. The fraction of sp³-hybridized carbons (Fsp3) is 0.600. The topological polar surface area (TPSA) is 52.7 Å². The van der Waals surface area contributed by atoms with E-state index in [9.17, 15) is 8.42 Å². The van der Waals surface area contributed by atoms with Crippen molar-refractivity contribution in [2.75, 3.05) is 24.4 Å². The van der Waals surface area contributed by atoms with E-state index in [4.69, 9.17) is 0 Å². The maximum absolute atomic E-state index is 12.9. The van der Waals surface area contributed by atoms with Crippen LogP contribution in [0.1, 0.15) is 32.3 Å². The van der Waals surface area contributed by atoms with Gasteiger partial charge in [0.1, 0.15) is 0 Å². The molecule has 0 bridgehead atoms. The molecule has 0 saturated heterocycles. The average Bonchev–Trinajstić information content (AvgIpc) is 2.64. The number of hydrogen-bond donors (Lipinski definition) is 1. The quantitative estimate of drug-likeness (QED) is 0.904. The summed E-state index contributed by atoms with van der Waals surface area (Å²) in [5.74, 6) is 0. The predicted molar refractivity (Wildman–Crippen MR) is 86.5 cm³/mol. The van der Waals surface area contributed by atoms with Gasteiger partial charge in [-0.1, -0.05) is 31.5 Å². The van der Waals surface area contributed by atoms with Crippen LogP contribution in [-0.2, 0) is 16.8 Å². The van der Waals surface area contributed by atoms with Gasteiger partial charge in [0.15, 0.2) is 0 Å². The lowest BCUT2D eigenvalue weighted by Crippen LogP contribution is -2.46. The summed E-state index contributed by atoms with van der Waals surface area (Å²) in [4.78, 5) is 0. The SMILES string of the molecule is CCCCN(C)S(=O)(=O)N1CC(C)NCc2ccccc21. The Bertz CT molecular complexity index is 574. The molecule has 6 heteroatoms. The number of para-hydroxylation sites is 1. The third kappa shape index (κ3) is 3.56. The van der Waals surface area contributed by atoms with Crippen molar-refractivity contribution in [2.24, 2.45) is 0 Å². The van der Waals surface area contributed by atoms with Crippen LogP contribution < -0.4 is 9.62 Å². The number of unbranched alkanes of at least 4 members (excludes halogenated alkanes) is 1. The summed E-state index contributed by atoms with van der Waals surface area (Å²) in [6.45, 7) is 5.78. The Morgan fingerprint density at radius 3 is 2.81 bits per heavy atom. The van der Waals surface area contributed by atoms with E-state index in [2.05, 4.69) is 12.2 Å². The molecule has 1 atom stereocenters. The van der Waals surface area contributed by atoms with Crippen molar-refractivity contribution in [1.82, 2.24) is 9.62 Å². The second-order valence-corrected chi connectivity index (χ2v) is 7.58. The molecular weight excluding hydrogens is 286 g/mol. The largest absolute Gasteiger partial charge is 0.308 e. The lowest BCUT2D eigenvalue weighted by Gasteiger charge is -2.30. The van der Waals surface area contributed by atoms with Crippen molar-refractivity contribution in [1.29, 1.82) is 0 Å². The minimum absolute atomic E-state index is 0.117. The molecule has 1 unspecified atom stereocenters. The summed E-state index contributed by atoms with van der Waals surface area (Å²) in [6, 6.07) is 7.83. The van der Waals surface area contributed by atoms with Gasteiger partial charge in [-0.3, -0.25) is 4.31 Å². The summed E-state index contributed by atoms with van der Waals surface area (Å²) in [7, 11) is -1.81. The van der Waals surface area contributed by atoms with Gasteiger partial charge >= 0.3 is 10.2 Å². The van der Waals surface area contributed by atoms with Crippen molar-refractivity contribution >= 4 is 15.9 Å². The minimum Gasteiger partial charge on any atom is -0.308 e. The summed E-state index contributed by atoms with van der Waals surface area (Å²) in [5.41, 5.74) is 1.81. The molecule has 1 N–H and O–H groups in total. The Morgan fingerprint density at radius 1 is 1.38 bits per heavy atom. The third-order valence-electron chi connectivity index (χ3n) is 3.84. The first-order chi connectivity index (χ1) is 9.96. The molecule has 0 aliphatic carbocycles. The molecule has 0 aromatic heterocycles. The van der Waals surface area contributed by atoms with Gasteiger partial charge in [-0.25, -0.2) is 0 Å².